The summed E-state index contributed by atoms with van der Waals surface area (Å²) in [7, 11) is 0. The number of amides is 3. The summed E-state index contributed by atoms with van der Waals surface area (Å²) in [6.45, 7) is 5.57. The predicted octanol–water partition coefficient (Wildman–Crippen LogP) is 2.59. The molecular formula is C24H29N5O5. The van der Waals surface area contributed by atoms with E-state index < -0.39 is 18.4 Å². The van der Waals surface area contributed by atoms with E-state index >= 15 is 0 Å². The van der Waals surface area contributed by atoms with E-state index in [1.54, 1.807) is 24.3 Å². The van der Waals surface area contributed by atoms with Crippen LogP contribution in [-0.2, 0) is 11.3 Å². The van der Waals surface area contributed by atoms with Gasteiger partial charge in [0.05, 0.1) is 24.2 Å². The van der Waals surface area contributed by atoms with Crippen LogP contribution < -0.4 is 10.6 Å². The number of urea groups is 1. The Kier molecular flexibility index (Phi) is 7.85. The normalized spacial score (nSPS) is 15.9. The van der Waals surface area contributed by atoms with E-state index in [0.717, 1.165) is 16.0 Å². The molecule has 180 valence electrons. The zero-order valence-electron chi connectivity index (χ0n) is 19.4. The lowest BCUT2D eigenvalue weighted by molar-refractivity contribution is -0.137. The maximum atomic E-state index is 13.3. The van der Waals surface area contributed by atoms with Crippen LogP contribution >= 0.6 is 0 Å². The van der Waals surface area contributed by atoms with Crippen molar-refractivity contribution >= 4 is 29.6 Å². The smallest absolute Gasteiger partial charge is 0.330 e. The van der Waals surface area contributed by atoms with Crippen molar-refractivity contribution in [2.24, 2.45) is 4.99 Å². The van der Waals surface area contributed by atoms with Crippen LogP contribution in [0.3, 0.4) is 0 Å². The molecule has 2 aromatic carbocycles. The quantitative estimate of drug-likeness (QED) is 0.471. The van der Waals surface area contributed by atoms with Crippen molar-refractivity contribution in [1.29, 1.82) is 0 Å². The van der Waals surface area contributed by atoms with Gasteiger partial charge in [0.15, 0.2) is 0 Å². The number of aryl methyl sites for hydroxylation is 1. The fourth-order valence-electron chi connectivity index (χ4n) is 3.39. The number of nitrogens with zero attached hydrogens (tertiary/aromatic N) is 3. The minimum absolute atomic E-state index is 0.0504. The van der Waals surface area contributed by atoms with E-state index in [0.29, 0.717) is 11.3 Å². The van der Waals surface area contributed by atoms with Crippen molar-refractivity contribution in [1.82, 2.24) is 15.1 Å². The monoisotopic (exact) mass is 467 g/mol. The van der Waals surface area contributed by atoms with Crippen molar-refractivity contribution in [2.45, 2.75) is 46.1 Å². The van der Waals surface area contributed by atoms with Gasteiger partial charge < -0.3 is 20.8 Å². The fraction of sp³-hybridized carbons (Fsp3) is 0.333. The van der Waals surface area contributed by atoms with Crippen LogP contribution in [0, 0.1) is 6.92 Å². The van der Waals surface area contributed by atoms with Crippen LogP contribution in [0.15, 0.2) is 53.5 Å². The Labute approximate surface area is 197 Å². The molecule has 10 heteroatoms. The summed E-state index contributed by atoms with van der Waals surface area (Å²) in [6, 6.07) is 13.7. The van der Waals surface area contributed by atoms with Gasteiger partial charge >= 0.3 is 12.0 Å². The van der Waals surface area contributed by atoms with E-state index in [4.69, 9.17) is 5.11 Å². The van der Waals surface area contributed by atoms with Crippen molar-refractivity contribution < 1.29 is 24.6 Å². The van der Waals surface area contributed by atoms with Crippen LogP contribution in [0.1, 0.15) is 41.8 Å². The minimum Gasteiger partial charge on any atom is -0.481 e. The lowest BCUT2D eigenvalue weighted by Crippen LogP contribution is -2.56. The number of carboxylic acid groups (broad SMARTS) is 1. The molecule has 34 heavy (non-hydrogen) atoms. The number of hydrogen-bond donors (Lipinski definition) is 4. The van der Waals surface area contributed by atoms with E-state index in [1.165, 1.54) is 4.90 Å². The number of rotatable bonds is 8. The number of carbonyl (C=O) groups excluding carboxylic acids is 2. The number of anilines is 1. The summed E-state index contributed by atoms with van der Waals surface area (Å²) < 4.78 is 0. The summed E-state index contributed by atoms with van der Waals surface area (Å²) in [5.74, 6) is -1.34. The molecule has 1 aliphatic rings. The number of hydrogen-bond acceptors (Lipinski definition) is 6. The number of benzene rings is 2. The number of para-hydroxylation sites is 1. The average molecular weight is 468 g/mol. The molecule has 3 rings (SSSR count). The Morgan fingerprint density at radius 3 is 2.44 bits per heavy atom. The fourth-order valence-corrected chi connectivity index (χ4v) is 3.39. The first kappa shape index (κ1) is 24.7. The third-order valence-corrected chi connectivity index (χ3v) is 5.11. The highest BCUT2D eigenvalue weighted by molar-refractivity contribution is 6.09. The number of carbonyl (C=O) groups is 3. The molecule has 0 saturated heterocycles. The van der Waals surface area contributed by atoms with Gasteiger partial charge in [-0.05, 0) is 38.5 Å². The van der Waals surface area contributed by atoms with Crippen LogP contribution in [0.5, 0.6) is 0 Å². The topological polar surface area (TPSA) is 135 Å². The molecule has 0 saturated carbocycles. The Bertz CT molecular complexity index is 1080. The van der Waals surface area contributed by atoms with Crippen molar-refractivity contribution in [2.75, 3.05) is 11.9 Å². The van der Waals surface area contributed by atoms with Gasteiger partial charge in [-0.3, -0.25) is 19.4 Å². The molecule has 0 fully saturated rings. The lowest BCUT2D eigenvalue weighted by atomic mass is 10.1. The molecule has 0 radical (unpaired) electrons. The molecule has 1 atom stereocenters. The zero-order valence-corrected chi connectivity index (χ0v) is 19.4. The zero-order chi connectivity index (χ0) is 24.8. The summed E-state index contributed by atoms with van der Waals surface area (Å²) >= 11 is 0. The highest BCUT2D eigenvalue weighted by Crippen LogP contribution is 2.21. The molecule has 0 bridgehead atoms. The highest BCUT2D eigenvalue weighted by Gasteiger charge is 2.35. The Balaban J connectivity index is 1.95. The summed E-state index contributed by atoms with van der Waals surface area (Å²) in [5.41, 5.74) is 2.63. The average Bonchev–Trinajstić information content (AvgIpc) is 2.77. The summed E-state index contributed by atoms with van der Waals surface area (Å²) in [5, 5.41) is 25.4. The van der Waals surface area contributed by atoms with Crippen molar-refractivity contribution in [3.8, 4) is 0 Å². The first-order valence-corrected chi connectivity index (χ1v) is 10.9. The van der Waals surface area contributed by atoms with Crippen LogP contribution in [-0.4, -0.2) is 62.8 Å². The highest BCUT2D eigenvalue weighted by atomic mass is 16.4. The van der Waals surface area contributed by atoms with Gasteiger partial charge in [-0.25, -0.2) is 4.79 Å². The standard InChI is InChI=1S/C24H29N5O5/c1-15(2)25-21(32)18-6-4-5-7-19(18)26-22-27-23(33)28(13-12-20(30)31)24(34)29(22)14-17-10-8-16(3)9-11-17/h4-11,15,23,33H,12-14H2,1-3H3,(H,25,32)(H,26,27)(H,30,31). The first-order valence-electron chi connectivity index (χ1n) is 10.9. The Morgan fingerprint density at radius 1 is 1.12 bits per heavy atom. The summed E-state index contributed by atoms with van der Waals surface area (Å²) in [6.07, 6.45) is -1.90. The third-order valence-electron chi connectivity index (χ3n) is 5.11. The lowest BCUT2D eigenvalue weighted by Gasteiger charge is -2.37. The van der Waals surface area contributed by atoms with Gasteiger partial charge in [0.25, 0.3) is 5.91 Å². The maximum absolute atomic E-state index is 13.3. The number of aliphatic hydroxyl groups is 1. The molecule has 0 aliphatic carbocycles. The van der Waals surface area contributed by atoms with E-state index in [-0.39, 0.29) is 37.4 Å². The molecule has 10 nitrogen and oxygen atoms in total. The number of aliphatic carboxylic acids is 1. The first-order chi connectivity index (χ1) is 16.2. The van der Waals surface area contributed by atoms with Gasteiger partial charge in [-0.1, -0.05) is 42.0 Å². The van der Waals surface area contributed by atoms with Gasteiger partial charge in [0.1, 0.15) is 0 Å². The van der Waals surface area contributed by atoms with Crippen molar-refractivity contribution in [3.05, 3.63) is 65.2 Å². The van der Waals surface area contributed by atoms with Crippen LogP contribution in [0.25, 0.3) is 0 Å². The molecule has 3 amide bonds. The van der Waals surface area contributed by atoms with Gasteiger partial charge in [0.2, 0.25) is 12.3 Å². The van der Waals surface area contributed by atoms with Gasteiger partial charge in [-0.2, -0.15) is 4.99 Å². The SMILES string of the molecule is Cc1ccc(CN2C(=O)N(CCC(=O)O)C(O)N=C2Nc2ccccc2C(=O)NC(C)C)cc1. The second-order valence-electron chi connectivity index (χ2n) is 8.29. The number of nitrogens with one attached hydrogen (secondary N) is 2. The second kappa shape index (κ2) is 10.8. The van der Waals surface area contributed by atoms with Gasteiger partial charge in [-0.15, -0.1) is 0 Å². The molecule has 2 aromatic rings. The van der Waals surface area contributed by atoms with E-state index in [9.17, 15) is 19.5 Å². The van der Waals surface area contributed by atoms with Gasteiger partial charge in [0, 0.05) is 12.6 Å². The summed E-state index contributed by atoms with van der Waals surface area (Å²) in [4.78, 5) is 43.5. The largest absolute Gasteiger partial charge is 0.481 e. The molecule has 1 aliphatic heterocycles. The second-order valence-corrected chi connectivity index (χ2v) is 8.29. The number of carboxylic acids is 1. The molecule has 0 spiro atoms. The molecule has 1 heterocycles. The predicted molar refractivity (Wildman–Crippen MR) is 127 cm³/mol. The van der Waals surface area contributed by atoms with E-state index in [2.05, 4.69) is 15.6 Å². The Morgan fingerprint density at radius 2 is 1.79 bits per heavy atom. The number of guanidine groups is 1. The Hall–Kier alpha value is -3.92. The number of aliphatic hydroxyl groups excluding tert-OH is 1. The molecule has 1 unspecified atom stereocenters. The molecule has 4 N–H and O–H groups in total. The van der Waals surface area contributed by atoms with Crippen LogP contribution in [0.2, 0.25) is 0 Å². The molecule has 0 aromatic heterocycles. The third kappa shape index (κ3) is 6.10. The van der Waals surface area contributed by atoms with E-state index in [1.807, 2.05) is 45.0 Å². The van der Waals surface area contributed by atoms with Crippen molar-refractivity contribution in [3.63, 3.8) is 0 Å². The van der Waals surface area contributed by atoms with Crippen LogP contribution in [0.4, 0.5) is 10.5 Å². The number of aliphatic imine (C=N–C) groups is 1. The minimum atomic E-state index is -1.57. The maximum Gasteiger partial charge on any atom is 0.330 e. The molecular weight excluding hydrogens is 438 g/mol.